The molecule has 1 rings (SSSR count). The molecule has 2 nitrogen and oxygen atoms in total. The lowest BCUT2D eigenvalue weighted by Gasteiger charge is -2.35. The van der Waals surface area contributed by atoms with Crippen molar-refractivity contribution in [2.75, 3.05) is 33.2 Å². The van der Waals surface area contributed by atoms with E-state index in [9.17, 15) is 0 Å². The van der Waals surface area contributed by atoms with Crippen LogP contribution in [0.1, 0.15) is 40.5 Å². The number of nitrogens with zero attached hydrogens (tertiary/aromatic N) is 1. The molecule has 1 N–H and O–H groups in total. The van der Waals surface area contributed by atoms with Crippen LogP contribution in [-0.4, -0.2) is 38.1 Å². The van der Waals surface area contributed by atoms with Crippen molar-refractivity contribution in [3.8, 4) is 0 Å². The van der Waals surface area contributed by atoms with E-state index < -0.39 is 0 Å². The Morgan fingerprint density at radius 2 is 2.00 bits per heavy atom. The van der Waals surface area contributed by atoms with Gasteiger partial charge in [0.25, 0.3) is 0 Å². The van der Waals surface area contributed by atoms with Crippen molar-refractivity contribution in [2.24, 2.45) is 10.8 Å². The molecule has 0 saturated carbocycles. The van der Waals surface area contributed by atoms with Gasteiger partial charge in [-0.1, -0.05) is 27.7 Å². The highest BCUT2D eigenvalue weighted by atomic mass is 15.1. The van der Waals surface area contributed by atoms with Crippen molar-refractivity contribution >= 4 is 0 Å². The molecule has 0 aliphatic carbocycles. The quantitative estimate of drug-likeness (QED) is 0.769. The van der Waals surface area contributed by atoms with Crippen LogP contribution in [0.2, 0.25) is 0 Å². The molecule has 1 aliphatic rings. The zero-order valence-electron chi connectivity index (χ0n) is 11.2. The van der Waals surface area contributed by atoms with Crippen molar-refractivity contribution in [1.82, 2.24) is 10.2 Å². The predicted molar refractivity (Wildman–Crippen MR) is 67.2 cm³/mol. The zero-order valence-corrected chi connectivity index (χ0v) is 11.2. The van der Waals surface area contributed by atoms with Gasteiger partial charge in [-0.3, -0.25) is 0 Å². The molecule has 1 atom stereocenters. The summed E-state index contributed by atoms with van der Waals surface area (Å²) in [7, 11) is 2.26. The van der Waals surface area contributed by atoms with E-state index >= 15 is 0 Å². The third-order valence-electron chi connectivity index (χ3n) is 3.43. The minimum Gasteiger partial charge on any atom is -0.316 e. The second kappa shape index (κ2) is 4.84. The number of hydrogen-bond donors (Lipinski definition) is 1. The zero-order chi connectivity index (χ0) is 11.5. The summed E-state index contributed by atoms with van der Waals surface area (Å²) >= 11 is 0. The van der Waals surface area contributed by atoms with Gasteiger partial charge in [-0.25, -0.2) is 0 Å². The van der Waals surface area contributed by atoms with Crippen molar-refractivity contribution in [3.05, 3.63) is 0 Å². The molecule has 0 spiro atoms. The summed E-state index contributed by atoms with van der Waals surface area (Å²) in [6.45, 7) is 14.1. The van der Waals surface area contributed by atoms with Crippen LogP contribution in [0.25, 0.3) is 0 Å². The average Bonchev–Trinajstić information content (AvgIpc) is 2.50. The van der Waals surface area contributed by atoms with E-state index in [4.69, 9.17) is 0 Å². The van der Waals surface area contributed by atoms with Gasteiger partial charge in [0.05, 0.1) is 0 Å². The molecule has 15 heavy (non-hydrogen) atoms. The normalized spacial score (nSPS) is 27.6. The van der Waals surface area contributed by atoms with Gasteiger partial charge >= 0.3 is 0 Å². The first-order valence-corrected chi connectivity index (χ1v) is 6.26. The minimum absolute atomic E-state index is 0.412. The number of nitrogens with one attached hydrogen (secondary N) is 1. The Balaban J connectivity index is 2.45. The SMILES string of the molecule is CCC1(CN(C)CC(C)(C)C)CCNC1. The Hall–Kier alpha value is -0.0800. The molecule has 1 aliphatic heterocycles. The second-order valence-corrected chi connectivity index (χ2v) is 6.51. The van der Waals surface area contributed by atoms with E-state index in [2.05, 4.69) is 45.0 Å². The van der Waals surface area contributed by atoms with Gasteiger partial charge in [0.1, 0.15) is 0 Å². The van der Waals surface area contributed by atoms with Crippen molar-refractivity contribution in [3.63, 3.8) is 0 Å². The Morgan fingerprint density at radius 1 is 1.33 bits per heavy atom. The highest BCUT2D eigenvalue weighted by molar-refractivity contribution is 4.89. The fraction of sp³-hybridized carbons (Fsp3) is 1.00. The maximum Gasteiger partial charge on any atom is 0.00477 e. The summed E-state index contributed by atoms with van der Waals surface area (Å²) in [5.74, 6) is 0. The fourth-order valence-electron chi connectivity index (χ4n) is 2.78. The third kappa shape index (κ3) is 4.12. The first-order valence-electron chi connectivity index (χ1n) is 6.26. The summed E-state index contributed by atoms with van der Waals surface area (Å²) in [5, 5.41) is 3.51. The summed E-state index contributed by atoms with van der Waals surface area (Å²) in [6.07, 6.45) is 2.65. The first kappa shape index (κ1) is 13.0. The van der Waals surface area contributed by atoms with Gasteiger partial charge in [-0.05, 0) is 37.3 Å². The van der Waals surface area contributed by atoms with E-state index in [0.717, 1.165) is 0 Å². The van der Waals surface area contributed by atoms with Crippen LogP contribution in [0.3, 0.4) is 0 Å². The minimum atomic E-state index is 0.412. The molecule has 0 aromatic heterocycles. The Morgan fingerprint density at radius 3 is 2.40 bits per heavy atom. The maximum atomic E-state index is 3.51. The highest BCUT2D eigenvalue weighted by Gasteiger charge is 2.33. The van der Waals surface area contributed by atoms with Crippen LogP contribution in [0, 0.1) is 10.8 Å². The largest absolute Gasteiger partial charge is 0.316 e. The number of rotatable bonds is 4. The molecular weight excluding hydrogens is 184 g/mol. The topological polar surface area (TPSA) is 15.3 Å². The molecule has 1 saturated heterocycles. The summed E-state index contributed by atoms with van der Waals surface area (Å²) in [6, 6.07) is 0. The Kier molecular flexibility index (Phi) is 4.19. The van der Waals surface area contributed by atoms with Crippen LogP contribution < -0.4 is 5.32 Å². The van der Waals surface area contributed by atoms with Crippen LogP contribution in [0.5, 0.6) is 0 Å². The number of hydrogen-bond acceptors (Lipinski definition) is 2. The lowest BCUT2D eigenvalue weighted by atomic mass is 9.83. The molecule has 0 aromatic rings. The molecular formula is C13H28N2. The van der Waals surface area contributed by atoms with E-state index in [-0.39, 0.29) is 0 Å². The van der Waals surface area contributed by atoms with Crippen LogP contribution in [0.15, 0.2) is 0 Å². The average molecular weight is 212 g/mol. The molecule has 0 bridgehead atoms. The van der Waals surface area contributed by atoms with E-state index in [1.165, 1.54) is 39.0 Å². The van der Waals surface area contributed by atoms with Gasteiger partial charge < -0.3 is 10.2 Å². The first-order chi connectivity index (χ1) is 6.87. The third-order valence-corrected chi connectivity index (χ3v) is 3.43. The lowest BCUT2D eigenvalue weighted by molar-refractivity contribution is 0.146. The van der Waals surface area contributed by atoms with Gasteiger partial charge in [-0.15, -0.1) is 0 Å². The van der Waals surface area contributed by atoms with Crippen LogP contribution in [0.4, 0.5) is 0 Å². The monoisotopic (exact) mass is 212 g/mol. The molecule has 1 heterocycles. The smallest absolute Gasteiger partial charge is 0.00477 e. The lowest BCUT2D eigenvalue weighted by Crippen LogP contribution is -2.40. The second-order valence-electron chi connectivity index (χ2n) is 6.51. The Labute approximate surface area is 95.4 Å². The standard InChI is InChI=1S/C13H28N2/c1-6-13(7-8-14-9-13)11-15(5)10-12(2,3)4/h14H,6-11H2,1-5H3. The summed E-state index contributed by atoms with van der Waals surface area (Å²) in [5.41, 5.74) is 0.954. The highest BCUT2D eigenvalue weighted by Crippen LogP contribution is 2.30. The molecule has 1 fully saturated rings. The fourth-order valence-corrected chi connectivity index (χ4v) is 2.78. The molecule has 0 radical (unpaired) electrons. The van der Waals surface area contributed by atoms with Crippen molar-refractivity contribution in [2.45, 2.75) is 40.5 Å². The van der Waals surface area contributed by atoms with Crippen molar-refractivity contribution < 1.29 is 0 Å². The van der Waals surface area contributed by atoms with Gasteiger partial charge in [0.2, 0.25) is 0 Å². The van der Waals surface area contributed by atoms with E-state index in [0.29, 0.717) is 10.8 Å². The molecule has 1 unspecified atom stereocenters. The van der Waals surface area contributed by atoms with E-state index in [1.54, 1.807) is 0 Å². The van der Waals surface area contributed by atoms with Crippen LogP contribution >= 0.6 is 0 Å². The van der Waals surface area contributed by atoms with Gasteiger partial charge in [-0.2, -0.15) is 0 Å². The predicted octanol–water partition coefficient (Wildman–Crippen LogP) is 2.35. The van der Waals surface area contributed by atoms with Crippen molar-refractivity contribution in [1.29, 1.82) is 0 Å². The summed E-state index contributed by atoms with van der Waals surface area (Å²) < 4.78 is 0. The van der Waals surface area contributed by atoms with Gasteiger partial charge in [0.15, 0.2) is 0 Å². The summed E-state index contributed by atoms with van der Waals surface area (Å²) in [4.78, 5) is 2.51. The molecule has 2 heteroatoms. The molecule has 0 aromatic carbocycles. The van der Waals surface area contributed by atoms with E-state index in [1.807, 2.05) is 0 Å². The van der Waals surface area contributed by atoms with Crippen LogP contribution in [-0.2, 0) is 0 Å². The van der Waals surface area contributed by atoms with Gasteiger partial charge in [0, 0.05) is 19.6 Å². The maximum absolute atomic E-state index is 3.51. The molecule has 90 valence electrons. The molecule has 0 amide bonds. The Bertz CT molecular complexity index is 187.